The molecule has 2 rings (SSSR count). The predicted molar refractivity (Wildman–Crippen MR) is 79.1 cm³/mol. The van der Waals surface area contributed by atoms with Gasteiger partial charge in [-0.3, -0.25) is 9.69 Å². The van der Waals surface area contributed by atoms with Gasteiger partial charge in [0.05, 0.1) is 33.0 Å². The zero-order chi connectivity index (χ0) is 15.1. The summed E-state index contributed by atoms with van der Waals surface area (Å²) in [5, 5.41) is 2.92. The summed E-state index contributed by atoms with van der Waals surface area (Å²) in [7, 11) is 3.12. The smallest absolute Gasteiger partial charge is 0.255 e. The molecule has 21 heavy (non-hydrogen) atoms. The van der Waals surface area contributed by atoms with E-state index in [2.05, 4.69) is 10.2 Å². The zero-order valence-corrected chi connectivity index (χ0v) is 12.6. The summed E-state index contributed by atoms with van der Waals surface area (Å²) in [4.78, 5) is 14.5. The lowest BCUT2D eigenvalue weighted by molar-refractivity contribution is 0.0383. The maximum atomic E-state index is 12.2. The van der Waals surface area contributed by atoms with E-state index in [4.69, 9.17) is 14.2 Å². The number of ether oxygens (including phenoxy) is 3. The zero-order valence-electron chi connectivity index (χ0n) is 12.6. The molecule has 0 saturated carbocycles. The fourth-order valence-corrected chi connectivity index (χ4v) is 2.24. The topological polar surface area (TPSA) is 60.0 Å². The molecule has 1 heterocycles. The van der Waals surface area contributed by atoms with Crippen molar-refractivity contribution in [3.63, 3.8) is 0 Å². The van der Waals surface area contributed by atoms with Crippen molar-refractivity contribution < 1.29 is 19.0 Å². The monoisotopic (exact) mass is 294 g/mol. The molecular weight excluding hydrogens is 272 g/mol. The van der Waals surface area contributed by atoms with Crippen LogP contribution in [0.25, 0.3) is 0 Å². The Kier molecular flexibility index (Phi) is 5.83. The second-order valence-corrected chi connectivity index (χ2v) is 4.78. The number of hydrogen-bond acceptors (Lipinski definition) is 5. The molecule has 0 bridgehead atoms. The standard InChI is InChI=1S/C15H22N2O4/c1-19-12-3-4-14(20-2)13(11-12)15(18)16-5-6-17-7-9-21-10-8-17/h3-4,11H,5-10H2,1-2H3,(H,16,18). The Bertz CT molecular complexity index is 473. The molecule has 0 aliphatic carbocycles. The van der Waals surface area contributed by atoms with Crippen molar-refractivity contribution in [3.8, 4) is 11.5 Å². The van der Waals surface area contributed by atoms with Gasteiger partial charge in [-0.1, -0.05) is 0 Å². The van der Waals surface area contributed by atoms with Crippen LogP contribution in [-0.2, 0) is 4.74 Å². The van der Waals surface area contributed by atoms with Crippen LogP contribution < -0.4 is 14.8 Å². The summed E-state index contributed by atoms with van der Waals surface area (Å²) >= 11 is 0. The number of nitrogens with one attached hydrogen (secondary N) is 1. The number of carbonyl (C=O) groups is 1. The fourth-order valence-electron chi connectivity index (χ4n) is 2.24. The minimum absolute atomic E-state index is 0.154. The molecule has 6 heteroatoms. The molecule has 6 nitrogen and oxygen atoms in total. The molecule has 0 spiro atoms. The molecule has 0 aromatic heterocycles. The highest BCUT2D eigenvalue weighted by atomic mass is 16.5. The van der Waals surface area contributed by atoms with E-state index >= 15 is 0 Å². The van der Waals surface area contributed by atoms with Gasteiger partial charge in [-0.15, -0.1) is 0 Å². The van der Waals surface area contributed by atoms with Crippen molar-refractivity contribution in [1.29, 1.82) is 0 Å². The molecular formula is C15H22N2O4. The van der Waals surface area contributed by atoms with Crippen molar-refractivity contribution in [2.24, 2.45) is 0 Å². The SMILES string of the molecule is COc1ccc(OC)c(C(=O)NCCN2CCOCC2)c1. The maximum absolute atomic E-state index is 12.2. The first kappa shape index (κ1) is 15.6. The van der Waals surface area contributed by atoms with Crippen LogP contribution in [0.3, 0.4) is 0 Å². The van der Waals surface area contributed by atoms with Crippen LogP contribution in [0.4, 0.5) is 0 Å². The summed E-state index contributed by atoms with van der Waals surface area (Å²) in [5.74, 6) is 1.02. The first-order chi connectivity index (χ1) is 10.2. The highest BCUT2D eigenvalue weighted by molar-refractivity contribution is 5.97. The average molecular weight is 294 g/mol. The van der Waals surface area contributed by atoms with Crippen molar-refractivity contribution in [2.75, 3.05) is 53.6 Å². The second-order valence-electron chi connectivity index (χ2n) is 4.78. The maximum Gasteiger partial charge on any atom is 0.255 e. The third-order valence-corrected chi connectivity index (χ3v) is 3.47. The molecule has 1 aliphatic rings. The third kappa shape index (κ3) is 4.34. The molecule has 1 aromatic rings. The minimum atomic E-state index is -0.154. The predicted octanol–water partition coefficient (Wildman–Crippen LogP) is 0.766. The van der Waals surface area contributed by atoms with E-state index < -0.39 is 0 Å². The van der Waals surface area contributed by atoms with Crippen molar-refractivity contribution in [3.05, 3.63) is 23.8 Å². The van der Waals surface area contributed by atoms with Crippen LogP contribution in [0, 0.1) is 0 Å². The van der Waals surface area contributed by atoms with Crippen LogP contribution in [0.15, 0.2) is 18.2 Å². The summed E-state index contributed by atoms with van der Waals surface area (Å²) in [6.07, 6.45) is 0. The molecule has 1 fully saturated rings. The number of amides is 1. The minimum Gasteiger partial charge on any atom is -0.497 e. The van der Waals surface area contributed by atoms with Gasteiger partial charge in [0.25, 0.3) is 5.91 Å². The van der Waals surface area contributed by atoms with Gasteiger partial charge in [0.1, 0.15) is 11.5 Å². The van der Waals surface area contributed by atoms with E-state index in [0.29, 0.717) is 23.6 Å². The van der Waals surface area contributed by atoms with Gasteiger partial charge in [0.15, 0.2) is 0 Å². The van der Waals surface area contributed by atoms with Gasteiger partial charge in [0.2, 0.25) is 0 Å². The molecule has 0 atom stereocenters. The number of hydrogen-bond donors (Lipinski definition) is 1. The second kappa shape index (κ2) is 7.85. The Morgan fingerprint density at radius 2 is 2.05 bits per heavy atom. The molecule has 1 saturated heterocycles. The van der Waals surface area contributed by atoms with Gasteiger partial charge in [-0.05, 0) is 18.2 Å². The lowest BCUT2D eigenvalue weighted by Crippen LogP contribution is -2.41. The average Bonchev–Trinajstić information content (AvgIpc) is 2.55. The lowest BCUT2D eigenvalue weighted by atomic mass is 10.1. The van der Waals surface area contributed by atoms with Crippen LogP contribution in [0.2, 0.25) is 0 Å². The highest BCUT2D eigenvalue weighted by Crippen LogP contribution is 2.23. The number of methoxy groups -OCH3 is 2. The summed E-state index contributed by atoms with van der Waals surface area (Å²) in [6.45, 7) is 4.77. The van der Waals surface area contributed by atoms with E-state index in [1.165, 1.54) is 0 Å². The Morgan fingerprint density at radius 1 is 1.29 bits per heavy atom. The van der Waals surface area contributed by atoms with Crippen LogP contribution in [0.1, 0.15) is 10.4 Å². The van der Waals surface area contributed by atoms with E-state index in [1.54, 1.807) is 32.4 Å². The number of carbonyl (C=O) groups excluding carboxylic acids is 1. The number of benzene rings is 1. The van der Waals surface area contributed by atoms with Crippen molar-refractivity contribution in [2.45, 2.75) is 0 Å². The summed E-state index contributed by atoms with van der Waals surface area (Å²) < 4.78 is 15.7. The molecule has 0 radical (unpaired) electrons. The number of nitrogens with zero attached hydrogens (tertiary/aromatic N) is 1. The first-order valence-electron chi connectivity index (χ1n) is 7.05. The van der Waals surface area contributed by atoms with Gasteiger partial charge >= 0.3 is 0 Å². The van der Waals surface area contributed by atoms with E-state index in [-0.39, 0.29) is 5.91 Å². The van der Waals surface area contributed by atoms with E-state index in [1.807, 2.05) is 0 Å². The van der Waals surface area contributed by atoms with Crippen LogP contribution in [0.5, 0.6) is 11.5 Å². The van der Waals surface area contributed by atoms with Gasteiger partial charge in [-0.25, -0.2) is 0 Å². The van der Waals surface area contributed by atoms with Crippen molar-refractivity contribution >= 4 is 5.91 Å². The quantitative estimate of drug-likeness (QED) is 0.839. The van der Waals surface area contributed by atoms with Crippen LogP contribution in [-0.4, -0.2) is 64.4 Å². The van der Waals surface area contributed by atoms with E-state index in [0.717, 1.165) is 32.8 Å². The molecule has 1 aromatic carbocycles. The number of rotatable bonds is 6. The third-order valence-electron chi connectivity index (χ3n) is 3.47. The Morgan fingerprint density at radius 3 is 2.71 bits per heavy atom. The molecule has 1 aliphatic heterocycles. The fraction of sp³-hybridized carbons (Fsp3) is 0.533. The Hall–Kier alpha value is -1.79. The Labute approximate surface area is 125 Å². The highest BCUT2D eigenvalue weighted by Gasteiger charge is 2.14. The normalized spacial score (nSPS) is 15.5. The van der Waals surface area contributed by atoms with Crippen molar-refractivity contribution in [1.82, 2.24) is 10.2 Å². The van der Waals surface area contributed by atoms with Gasteiger partial charge < -0.3 is 19.5 Å². The number of morpholine rings is 1. The Balaban J connectivity index is 1.89. The molecule has 0 unspecified atom stereocenters. The summed E-state index contributed by atoms with van der Waals surface area (Å²) in [5.41, 5.74) is 0.485. The lowest BCUT2D eigenvalue weighted by Gasteiger charge is -2.26. The molecule has 116 valence electrons. The summed E-state index contributed by atoms with van der Waals surface area (Å²) in [6, 6.07) is 5.18. The first-order valence-corrected chi connectivity index (χ1v) is 7.05. The molecule has 1 N–H and O–H groups in total. The largest absolute Gasteiger partial charge is 0.497 e. The van der Waals surface area contributed by atoms with Gasteiger partial charge in [0, 0.05) is 26.2 Å². The van der Waals surface area contributed by atoms with Gasteiger partial charge in [-0.2, -0.15) is 0 Å². The molecule has 1 amide bonds. The van der Waals surface area contributed by atoms with E-state index in [9.17, 15) is 4.79 Å². The van der Waals surface area contributed by atoms with Crippen LogP contribution >= 0.6 is 0 Å².